The van der Waals surface area contributed by atoms with Gasteiger partial charge in [-0.2, -0.15) is 0 Å². The molecule has 1 heterocycles. The maximum absolute atomic E-state index is 14.4. The first kappa shape index (κ1) is 33.0. The van der Waals surface area contributed by atoms with Gasteiger partial charge < -0.3 is 14.6 Å². The highest BCUT2D eigenvalue weighted by Crippen LogP contribution is 2.32. The van der Waals surface area contributed by atoms with Gasteiger partial charge in [-0.05, 0) is 49.0 Å². The fourth-order valence-electron chi connectivity index (χ4n) is 5.37. The van der Waals surface area contributed by atoms with E-state index in [1.54, 1.807) is 72.8 Å². The minimum Gasteiger partial charge on any atom is -0.453 e. The minimum absolute atomic E-state index is 0.0350. The van der Waals surface area contributed by atoms with Crippen molar-refractivity contribution in [1.82, 2.24) is 4.90 Å². The van der Waals surface area contributed by atoms with E-state index in [1.165, 1.54) is 0 Å². The van der Waals surface area contributed by atoms with E-state index in [0.29, 0.717) is 29.5 Å². The second-order valence-electron chi connectivity index (χ2n) is 11.0. The summed E-state index contributed by atoms with van der Waals surface area (Å²) in [6.07, 6.45) is -0.512. The van der Waals surface area contributed by atoms with Crippen LogP contribution >= 0.6 is 0 Å². The molecule has 2 amide bonds. The maximum Gasteiger partial charge on any atom is 0.417 e. The Labute approximate surface area is 262 Å². The molecule has 4 rings (SSSR count). The van der Waals surface area contributed by atoms with E-state index >= 15 is 0 Å². The maximum atomic E-state index is 14.4. The van der Waals surface area contributed by atoms with E-state index in [1.807, 2.05) is 19.1 Å². The number of ether oxygens (including phenoxy) is 2. The summed E-state index contributed by atoms with van der Waals surface area (Å²) in [6.45, 7) is 2.84. The summed E-state index contributed by atoms with van der Waals surface area (Å²) in [4.78, 5) is 68.3. The zero-order valence-electron chi connectivity index (χ0n) is 25.4. The van der Waals surface area contributed by atoms with Crippen LogP contribution in [0.3, 0.4) is 0 Å². The zero-order chi connectivity index (χ0) is 32.3. The molecular formula is C36H37NO8. The predicted molar refractivity (Wildman–Crippen MR) is 167 cm³/mol. The van der Waals surface area contributed by atoms with Crippen molar-refractivity contribution in [2.75, 3.05) is 13.2 Å². The Morgan fingerprint density at radius 3 is 2.31 bits per heavy atom. The number of hydrogen-bond donors (Lipinski definition) is 1. The van der Waals surface area contributed by atoms with Gasteiger partial charge in [0.2, 0.25) is 5.91 Å². The lowest BCUT2D eigenvalue weighted by molar-refractivity contribution is -0.158. The first-order valence-electron chi connectivity index (χ1n) is 14.9. The second-order valence-corrected chi connectivity index (χ2v) is 11.0. The number of unbranched alkanes of at least 4 members (excludes halogenated alkanes) is 1. The van der Waals surface area contributed by atoms with Gasteiger partial charge in [-0.25, -0.2) is 9.69 Å². The molecule has 45 heavy (non-hydrogen) atoms. The molecule has 1 fully saturated rings. The molecule has 0 spiro atoms. The third kappa shape index (κ3) is 8.61. The number of benzene rings is 3. The van der Waals surface area contributed by atoms with E-state index in [0.717, 1.165) is 23.5 Å². The topological polar surface area (TPSA) is 127 Å². The van der Waals surface area contributed by atoms with Crippen molar-refractivity contribution < 1.29 is 38.6 Å². The SMILES string of the molecule is CC(=O)OC(C(=O)C=C(C(=O)CCCCO)c1cccc(C)c1)C(Cc1ccccc1)C(=O)N1C(=O)OCC1c1ccccc1. The summed E-state index contributed by atoms with van der Waals surface area (Å²) >= 11 is 0. The number of carbonyl (C=O) groups excluding carboxylic acids is 5. The molecule has 3 atom stereocenters. The third-order valence-corrected chi connectivity index (χ3v) is 7.58. The van der Waals surface area contributed by atoms with Gasteiger partial charge in [-0.15, -0.1) is 0 Å². The number of nitrogens with zero attached hydrogens (tertiary/aromatic N) is 1. The molecule has 0 aromatic heterocycles. The summed E-state index contributed by atoms with van der Waals surface area (Å²) in [5, 5.41) is 9.21. The lowest BCUT2D eigenvalue weighted by atomic mass is 9.87. The Kier molecular flexibility index (Phi) is 11.5. The highest BCUT2D eigenvalue weighted by Gasteiger charge is 2.46. The Bertz CT molecular complexity index is 1550. The third-order valence-electron chi connectivity index (χ3n) is 7.58. The quantitative estimate of drug-likeness (QED) is 0.150. The van der Waals surface area contributed by atoms with Crippen LogP contribution in [-0.2, 0) is 35.1 Å². The first-order chi connectivity index (χ1) is 21.7. The second kappa shape index (κ2) is 15.7. The number of aliphatic hydroxyl groups excluding tert-OH is 1. The average molecular weight is 612 g/mol. The van der Waals surface area contributed by atoms with Crippen molar-refractivity contribution in [2.45, 2.75) is 51.7 Å². The Balaban J connectivity index is 1.79. The molecule has 3 aromatic rings. The molecule has 9 heteroatoms. The van der Waals surface area contributed by atoms with E-state index in [4.69, 9.17) is 9.47 Å². The number of hydrogen-bond acceptors (Lipinski definition) is 8. The Morgan fingerprint density at radius 1 is 0.978 bits per heavy atom. The average Bonchev–Trinajstić information content (AvgIpc) is 3.43. The number of imide groups is 1. The van der Waals surface area contributed by atoms with Crippen LogP contribution in [-0.4, -0.2) is 58.9 Å². The van der Waals surface area contributed by atoms with Gasteiger partial charge in [0.05, 0.1) is 5.92 Å². The molecule has 1 aliphatic rings. The van der Waals surface area contributed by atoms with E-state index in [2.05, 4.69) is 0 Å². The number of carbonyl (C=O) groups is 5. The molecule has 0 radical (unpaired) electrons. The van der Waals surface area contributed by atoms with E-state index in [9.17, 15) is 29.1 Å². The van der Waals surface area contributed by atoms with Crippen LogP contribution in [0.4, 0.5) is 4.79 Å². The lowest BCUT2D eigenvalue weighted by Crippen LogP contribution is -2.47. The lowest BCUT2D eigenvalue weighted by Gasteiger charge is -2.29. The number of amides is 2. The van der Waals surface area contributed by atoms with Gasteiger partial charge in [0, 0.05) is 25.5 Å². The number of ketones is 2. The van der Waals surface area contributed by atoms with Crippen molar-refractivity contribution in [3.8, 4) is 0 Å². The van der Waals surface area contributed by atoms with Gasteiger partial charge in [0.15, 0.2) is 17.7 Å². The van der Waals surface area contributed by atoms with Crippen molar-refractivity contribution in [1.29, 1.82) is 0 Å². The number of aliphatic hydroxyl groups is 1. The van der Waals surface area contributed by atoms with Crippen molar-refractivity contribution >= 4 is 35.1 Å². The standard InChI is InChI=1S/C36H37NO8/c1-24-12-11-17-28(20-24)29(32(40)18-9-10-19-38)22-33(41)34(45-25(2)39)30(21-26-13-5-3-6-14-26)35(42)37-31(23-44-36(37)43)27-15-7-4-8-16-27/h3-8,11-17,20,22,30-31,34,38H,9-10,18-19,21,23H2,1-2H3. The minimum atomic E-state index is -1.65. The number of aryl methyl sites for hydroxylation is 1. The first-order valence-corrected chi connectivity index (χ1v) is 14.9. The van der Waals surface area contributed by atoms with Gasteiger partial charge in [0.1, 0.15) is 12.6 Å². The van der Waals surface area contributed by atoms with Gasteiger partial charge in [-0.3, -0.25) is 19.2 Å². The molecule has 0 saturated carbocycles. The number of Topliss-reactive ketones (excluding diaryl/α,β-unsaturated/α-hetero) is 1. The fourth-order valence-corrected chi connectivity index (χ4v) is 5.37. The molecule has 1 saturated heterocycles. The van der Waals surface area contributed by atoms with Crippen LogP contribution in [0.5, 0.6) is 0 Å². The molecule has 3 unspecified atom stereocenters. The van der Waals surface area contributed by atoms with Gasteiger partial charge >= 0.3 is 12.1 Å². The summed E-state index contributed by atoms with van der Waals surface area (Å²) in [5.74, 6) is -3.96. The number of rotatable bonds is 14. The van der Waals surface area contributed by atoms with Crippen molar-refractivity contribution in [3.05, 3.63) is 113 Å². The van der Waals surface area contributed by atoms with Gasteiger partial charge in [-0.1, -0.05) is 90.5 Å². The van der Waals surface area contributed by atoms with Crippen LogP contribution in [0, 0.1) is 12.8 Å². The van der Waals surface area contributed by atoms with Crippen molar-refractivity contribution in [2.24, 2.45) is 5.92 Å². The molecular weight excluding hydrogens is 574 g/mol. The summed E-state index contributed by atoms with van der Waals surface area (Å²) < 4.78 is 10.9. The molecule has 0 aliphatic carbocycles. The Morgan fingerprint density at radius 2 is 1.67 bits per heavy atom. The van der Waals surface area contributed by atoms with Gasteiger partial charge in [0.25, 0.3) is 0 Å². The number of cyclic esters (lactones) is 1. The summed E-state index contributed by atoms with van der Waals surface area (Å²) in [5.41, 5.74) is 2.81. The monoisotopic (exact) mass is 611 g/mol. The molecule has 9 nitrogen and oxygen atoms in total. The predicted octanol–water partition coefficient (Wildman–Crippen LogP) is 5.19. The highest BCUT2D eigenvalue weighted by atomic mass is 16.6. The number of allylic oxidation sites excluding steroid dienone is 1. The summed E-state index contributed by atoms with van der Waals surface area (Å²) in [7, 11) is 0. The smallest absolute Gasteiger partial charge is 0.417 e. The highest BCUT2D eigenvalue weighted by molar-refractivity contribution is 6.25. The Hall–Kier alpha value is -4.89. The van der Waals surface area contributed by atoms with E-state index in [-0.39, 0.29) is 37.4 Å². The molecule has 1 N–H and O–H groups in total. The molecule has 234 valence electrons. The van der Waals surface area contributed by atoms with Crippen LogP contribution in [0.1, 0.15) is 54.5 Å². The van der Waals surface area contributed by atoms with Crippen LogP contribution in [0.15, 0.2) is 91.0 Å². The molecule has 1 aliphatic heterocycles. The van der Waals surface area contributed by atoms with Crippen LogP contribution < -0.4 is 0 Å². The van der Waals surface area contributed by atoms with Crippen LogP contribution in [0.25, 0.3) is 5.57 Å². The molecule has 3 aromatic carbocycles. The van der Waals surface area contributed by atoms with E-state index < -0.39 is 41.8 Å². The fraction of sp³-hybridized carbons (Fsp3) is 0.306. The molecule has 0 bridgehead atoms. The normalized spacial score (nSPS) is 16.1. The largest absolute Gasteiger partial charge is 0.453 e. The zero-order valence-corrected chi connectivity index (χ0v) is 25.4. The van der Waals surface area contributed by atoms with Crippen LogP contribution in [0.2, 0.25) is 0 Å². The summed E-state index contributed by atoms with van der Waals surface area (Å²) in [6, 6.07) is 24.1. The van der Waals surface area contributed by atoms with Crippen molar-refractivity contribution in [3.63, 3.8) is 0 Å². The number of esters is 1.